The van der Waals surface area contributed by atoms with Crippen LogP contribution in [0, 0.1) is 5.21 Å². The number of hydrogen-bond donors (Lipinski definition) is 0. The van der Waals surface area contributed by atoms with E-state index in [1.165, 1.54) is 19.3 Å². The topological polar surface area (TPSA) is 62.2 Å². The maximum atomic E-state index is 11.7. The Labute approximate surface area is 111 Å². The van der Waals surface area contributed by atoms with Crippen molar-refractivity contribution in [3.8, 4) is 17.1 Å². The summed E-state index contributed by atoms with van der Waals surface area (Å²) < 4.78 is 10.5. The van der Waals surface area contributed by atoms with Gasteiger partial charge in [-0.05, 0) is 30.6 Å². The third-order valence-corrected chi connectivity index (χ3v) is 3.46. The third-order valence-electron chi connectivity index (χ3n) is 3.46. The summed E-state index contributed by atoms with van der Waals surface area (Å²) in [4.78, 5) is 0.410. The summed E-state index contributed by atoms with van der Waals surface area (Å²) in [7, 11) is 0. The molecule has 0 spiro atoms. The normalized spacial score (nSPS) is 16.4. The number of rotatable bonds is 3. The molecule has 100 valence electrons. The molecule has 1 aliphatic carbocycles. The minimum Gasteiger partial charge on any atom is -0.452 e. The molecule has 1 aromatic heterocycles. The van der Waals surface area contributed by atoms with Gasteiger partial charge in [0.15, 0.2) is 0 Å². The molecule has 1 saturated carbocycles. The zero-order chi connectivity index (χ0) is 13.1. The molecule has 0 atom stereocenters. The van der Waals surface area contributed by atoms with Crippen LogP contribution in [-0.2, 0) is 0 Å². The van der Waals surface area contributed by atoms with Crippen molar-refractivity contribution in [1.29, 1.82) is 0 Å². The minimum absolute atomic E-state index is 0.140. The molecule has 1 aromatic carbocycles. The SMILES string of the molecule is [O-][n+]1onc(OC2CCCCC2)c1-c1ccccc1. The number of benzene rings is 1. The number of aromatic nitrogens is 2. The molecular formula is C14H16N2O3. The molecule has 5 heteroatoms. The first-order valence-electron chi connectivity index (χ1n) is 6.66. The van der Waals surface area contributed by atoms with Crippen molar-refractivity contribution in [2.24, 2.45) is 0 Å². The Morgan fingerprint density at radius 2 is 1.89 bits per heavy atom. The van der Waals surface area contributed by atoms with E-state index in [0.717, 1.165) is 18.4 Å². The van der Waals surface area contributed by atoms with Gasteiger partial charge in [0.1, 0.15) is 6.10 Å². The largest absolute Gasteiger partial charge is 0.452 e. The van der Waals surface area contributed by atoms with Gasteiger partial charge >= 0.3 is 5.88 Å². The highest BCUT2D eigenvalue weighted by atomic mass is 16.8. The highest BCUT2D eigenvalue weighted by molar-refractivity contribution is 5.60. The fraction of sp³-hybridized carbons (Fsp3) is 0.429. The summed E-state index contributed by atoms with van der Waals surface area (Å²) in [5.41, 5.74) is 1.11. The van der Waals surface area contributed by atoms with Gasteiger partial charge in [0.05, 0.1) is 5.16 Å². The van der Waals surface area contributed by atoms with E-state index < -0.39 is 0 Å². The second-order valence-corrected chi connectivity index (χ2v) is 4.83. The smallest absolute Gasteiger partial charge is 0.403 e. The summed E-state index contributed by atoms with van der Waals surface area (Å²) in [6, 6.07) is 9.32. The van der Waals surface area contributed by atoms with E-state index in [4.69, 9.17) is 4.74 Å². The molecule has 1 fully saturated rings. The Balaban J connectivity index is 1.86. The van der Waals surface area contributed by atoms with Crippen molar-refractivity contribution in [3.63, 3.8) is 0 Å². The number of ether oxygens (including phenoxy) is 1. The van der Waals surface area contributed by atoms with Crippen LogP contribution in [0.4, 0.5) is 0 Å². The second-order valence-electron chi connectivity index (χ2n) is 4.83. The molecule has 0 unspecified atom stereocenters. The Bertz CT molecular complexity index is 533. The molecule has 0 saturated heterocycles. The molecule has 3 rings (SSSR count). The Hall–Kier alpha value is -2.04. The van der Waals surface area contributed by atoms with Gasteiger partial charge in [0.2, 0.25) is 0 Å². The number of hydrogen-bond acceptors (Lipinski definition) is 4. The Kier molecular flexibility index (Phi) is 3.35. The molecule has 5 nitrogen and oxygen atoms in total. The molecule has 1 heterocycles. The standard InChI is InChI=1S/C14H16N2O3/c17-16-13(11-7-3-1-4-8-11)14(15-19-16)18-12-9-5-2-6-10-12/h1,3-4,7-8,12H,2,5-6,9-10H2. The predicted molar refractivity (Wildman–Crippen MR) is 68.4 cm³/mol. The van der Waals surface area contributed by atoms with Crippen LogP contribution in [-0.4, -0.2) is 11.3 Å². The lowest BCUT2D eigenvalue weighted by Gasteiger charge is -2.20. The van der Waals surface area contributed by atoms with Gasteiger partial charge in [-0.1, -0.05) is 36.8 Å². The molecule has 1 aliphatic rings. The molecular weight excluding hydrogens is 244 g/mol. The van der Waals surface area contributed by atoms with E-state index >= 15 is 0 Å². The fourth-order valence-corrected chi connectivity index (χ4v) is 2.48. The van der Waals surface area contributed by atoms with Crippen molar-refractivity contribution < 1.29 is 14.3 Å². The summed E-state index contributed by atoms with van der Waals surface area (Å²) in [5.74, 6) is 0.299. The van der Waals surface area contributed by atoms with Gasteiger partial charge in [0.25, 0.3) is 5.69 Å². The first kappa shape index (κ1) is 12.0. The first-order chi connectivity index (χ1) is 9.34. The van der Waals surface area contributed by atoms with Crippen molar-refractivity contribution in [1.82, 2.24) is 5.16 Å². The van der Waals surface area contributed by atoms with Crippen LogP contribution in [0.1, 0.15) is 32.1 Å². The van der Waals surface area contributed by atoms with E-state index in [1.54, 1.807) is 0 Å². The van der Waals surface area contributed by atoms with E-state index in [0.29, 0.717) is 16.5 Å². The lowest BCUT2D eigenvalue weighted by Crippen LogP contribution is -2.26. The van der Waals surface area contributed by atoms with Crippen LogP contribution >= 0.6 is 0 Å². The van der Waals surface area contributed by atoms with E-state index in [1.807, 2.05) is 30.3 Å². The van der Waals surface area contributed by atoms with Crippen LogP contribution < -0.4 is 9.64 Å². The number of nitrogens with zero attached hydrogens (tertiary/aromatic N) is 2. The van der Waals surface area contributed by atoms with Crippen LogP contribution in [0.3, 0.4) is 0 Å². The van der Waals surface area contributed by atoms with Crippen molar-refractivity contribution >= 4 is 0 Å². The highest BCUT2D eigenvalue weighted by Gasteiger charge is 2.26. The predicted octanol–water partition coefficient (Wildman–Crippen LogP) is 2.69. The third kappa shape index (κ3) is 2.54. The fourth-order valence-electron chi connectivity index (χ4n) is 2.48. The zero-order valence-corrected chi connectivity index (χ0v) is 10.6. The second kappa shape index (κ2) is 5.30. The quantitative estimate of drug-likeness (QED) is 0.796. The Morgan fingerprint density at radius 1 is 1.16 bits per heavy atom. The Morgan fingerprint density at radius 3 is 2.63 bits per heavy atom. The first-order valence-corrected chi connectivity index (χ1v) is 6.66. The van der Waals surface area contributed by atoms with Crippen molar-refractivity contribution in [2.45, 2.75) is 38.2 Å². The molecule has 0 amide bonds. The molecule has 0 bridgehead atoms. The highest BCUT2D eigenvalue weighted by Crippen LogP contribution is 2.28. The average Bonchev–Trinajstić information content (AvgIpc) is 2.82. The monoisotopic (exact) mass is 260 g/mol. The summed E-state index contributed by atoms with van der Waals surface area (Å²) in [6.45, 7) is 0. The lowest BCUT2D eigenvalue weighted by molar-refractivity contribution is -0.793. The van der Waals surface area contributed by atoms with Crippen LogP contribution in [0.2, 0.25) is 0 Å². The van der Waals surface area contributed by atoms with Gasteiger partial charge in [-0.2, -0.15) is 0 Å². The lowest BCUT2D eigenvalue weighted by atomic mass is 9.98. The van der Waals surface area contributed by atoms with E-state index in [9.17, 15) is 5.21 Å². The average molecular weight is 260 g/mol. The minimum atomic E-state index is 0.140. The molecule has 0 N–H and O–H groups in total. The van der Waals surface area contributed by atoms with Crippen molar-refractivity contribution in [2.75, 3.05) is 0 Å². The summed E-state index contributed by atoms with van der Waals surface area (Å²) >= 11 is 0. The van der Waals surface area contributed by atoms with Crippen molar-refractivity contribution in [3.05, 3.63) is 35.5 Å². The maximum absolute atomic E-state index is 11.7. The maximum Gasteiger partial charge on any atom is 0.403 e. The van der Waals surface area contributed by atoms with Gasteiger partial charge in [-0.15, -0.1) is 0 Å². The molecule has 2 aromatic rings. The van der Waals surface area contributed by atoms with Crippen LogP contribution in [0.25, 0.3) is 11.3 Å². The van der Waals surface area contributed by atoms with Gasteiger partial charge < -0.3 is 9.94 Å². The summed E-state index contributed by atoms with van der Waals surface area (Å²) in [5, 5.41) is 15.4. The van der Waals surface area contributed by atoms with Crippen LogP contribution in [0.5, 0.6) is 5.88 Å². The van der Waals surface area contributed by atoms with E-state index in [-0.39, 0.29) is 6.10 Å². The van der Waals surface area contributed by atoms with Crippen LogP contribution in [0.15, 0.2) is 35.0 Å². The van der Waals surface area contributed by atoms with Gasteiger partial charge in [-0.25, -0.2) is 0 Å². The van der Waals surface area contributed by atoms with Gasteiger partial charge in [0, 0.05) is 5.56 Å². The zero-order valence-electron chi connectivity index (χ0n) is 10.6. The summed E-state index contributed by atoms with van der Waals surface area (Å²) in [6.07, 6.45) is 5.76. The van der Waals surface area contributed by atoms with Gasteiger partial charge in [-0.3, -0.25) is 4.63 Å². The molecule has 0 aliphatic heterocycles. The molecule has 19 heavy (non-hydrogen) atoms. The molecule has 0 radical (unpaired) electrons. The van der Waals surface area contributed by atoms with E-state index in [2.05, 4.69) is 9.79 Å².